The minimum Gasteiger partial charge on any atom is -0.257 e. The zero-order chi connectivity index (χ0) is 16.2. The van der Waals surface area contributed by atoms with Gasteiger partial charge in [0.1, 0.15) is 0 Å². The van der Waals surface area contributed by atoms with Crippen molar-refractivity contribution in [2.75, 3.05) is 0 Å². The summed E-state index contributed by atoms with van der Waals surface area (Å²) in [5.41, 5.74) is 7.99. The van der Waals surface area contributed by atoms with Crippen molar-refractivity contribution in [1.29, 1.82) is 0 Å². The maximum Gasteiger partial charge on any atom is 0.0758 e. The molecule has 1 aliphatic carbocycles. The summed E-state index contributed by atoms with van der Waals surface area (Å²) in [4.78, 5) is 6.04. The Labute approximate surface area is 143 Å². The molecule has 1 aromatic carbocycles. The third-order valence-electron chi connectivity index (χ3n) is 4.24. The van der Waals surface area contributed by atoms with E-state index in [1.807, 2.05) is 0 Å². The lowest BCUT2D eigenvalue weighted by Crippen LogP contribution is -1.98. The highest BCUT2D eigenvalue weighted by atomic mass is 32.1. The maximum atomic E-state index is 4.81. The number of allylic oxidation sites excluding steroid dienone is 3. The van der Waals surface area contributed by atoms with Crippen LogP contribution >= 0.6 is 11.3 Å². The fourth-order valence-electron chi connectivity index (χ4n) is 2.74. The summed E-state index contributed by atoms with van der Waals surface area (Å²) in [6.07, 6.45) is 5.56. The molecule has 3 rings (SSSR count). The normalized spacial score (nSPS) is 15.0. The number of aliphatic imine (C=N–C) groups is 1. The van der Waals surface area contributed by atoms with Crippen LogP contribution in [0.15, 0.2) is 58.4 Å². The molecule has 1 saturated carbocycles. The van der Waals surface area contributed by atoms with Gasteiger partial charge in [-0.3, -0.25) is 4.99 Å². The Hall–Kier alpha value is -1.93. The number of rotatable bonds is 5. The molecule has 0 amide bonds. The van der Waals surface area contributed by atoms with Gasteiger partial charge in [-0.2, -0.15) is 0 Å². The predicted octanol–water partition coefficient (Wildman–Crippen LogP) is 6.38. The third-order valence-corrected chi connectivity index (χ3v) is 5.13. The standard InChI is InChI=1S/C21H23NS/c1-4-20(21-6-5-13-23-21)22-15(2)14-17-7-9-18(10-8-17)16(3)19-11-12-19/h4-10,13H,11-12,14H2,1-3H3/b20-4-,22-15?. The molecular weight excluding hydrogens is 298 g/mol. The van der Waals surface area contributed by atoms with Crippen molar-refractivity contribution in [2.45, 2.75) is 40.0 Å². The molecule has 0 aliphatic heterocycles. The predicted molar refractivity (Wildman–Crippen MR) is 103 cm³/mol. The molecule has 0 saturated heterocycles. The van der Waals surface area contributed by atoms with Crippen LogP contribution in [0.2, 0.25) is 0 Å². The van der Waals surface area contributed by atoms with Gasteiger partial charge in [-0.15, -0.1) is 11.3 Å². The van der Waals surface area contributed by atoms with E-state index in [1.165, 1.54) is 34.4 Å². The van der Waals surface area contributed by atoms with Crippen molar-refractivity contribution in [2.24, 2.45) is 4.99 Å². The minimum absolute atomic E-state index is 0.901. The monoisotopic (exact) mass is 321 g/mol. The lowest BCUT2D eigenvalue weighted by molar-refractivity contribution is 1.29. The molecule has 2 heteroatoms. The van der Waals surface area contributed by atoms with E-state index in [1.54, 1.807) is 16.9 Å². The van der Waals surface area contributed by atoms with Gasteiger partial charge >= 0.3 is 0 Å². The average Bonchev–Trinajstić information content (AvgIpc) is 3.27. The Kier molecular flexibility index (Phi) is 4.92. The van der Waals surface area contributed by atoms with Crippen LogP contribution in [0.25, 0.3) is 11.3 Å². The second-order valence-electron chi connectivity index (χ2n) is 6.10. The number of hydrogen-bond acceptors (Lipinski definition) is 2. The molecular formula is C21H23NS. The van der Waals surface area contributed by atoms with Gasteiger partial charge in [0, 0.05) is 12.1 Å². The molecule has 23 heavy (non-hydrogen) atoms. The van der Waals surface area contributed by atoms with Gasteiger partial charge in [-0.25, -0.2) is 0 Å². The molecule has 0 N–H and O–H groups in total. The van der Waals surface area contributed by atoms with Crippen LogP contribution in [0.4, 0.5) is 0 Å². The van der Waals surface area contributed by atoms with Crippen molar-refractivity contribution < 1.29 is 0 Å². The smallest absolute Gasteiger partial charge is 0.0758 e. The second kappa shape index (κ2) is 7.10. The van der Waals surface area contributed by atoms with E-state index in [0.29, 0.717) is 0 Å². The van der Waals surface area contributed by atoms with Gasteiger partial charge in [-0.1, -0.05) is 42.0 Å². The van der Waals surface area contributed by atoms with E-state index in [2.05, 4.69) is 68.6 Å². The van der Waals surface area contributed by atoms with Gasteiger partial charge in [0.05, 0.1) is 10.6 Å². The molecule has 1 aliphatic rings. The van der Waals surface area contributed by atoms with Gasteiger partial charge < -0.3 is 0 Å². The van der Waals surface area contributed by atoms with E-state index in [4.69, 9.17) is 4.99 Å². The highest BCUT2D eigenvalue weighted by Gasteiger charge is 2.15. The summed E-state index contributed by atoms with van der Waals surface area (Å²) in [5, 5.41) is 2.10. The van der Waals surface area contributed by atoms with E-state index in [0.717, 1.165) is 17.8 Å². The van der Waals surface area contributed by atoms with Crippen LogP contribution in [0, 0.1) is 0 Å². The molecule has 0 atom stereocenters. The summed E-state index contributed by atoms with van der Waals surface area (Å²) >= 11 is 1.74. The molecule has 1 aromatic heterocycles. The highest BCUT2D eigenvalue weighted by molar-refractivity contribution is 7.11. The Balaban J connectivity index is 1.71. The minimum atomic E-state index is 0.901. The Bertz CT molecular complexity index is 753. The molecule has 1 nitrogen and oxygen atoms in total. The van der Waals surface area contributed by atoms with Crippen LogP contribution in [0.3, 0.4) is 0 Å². The zero-order valence-corrected chi connectivity index (χ0v) is 14.9. The first-order valence-electron chi connectivity index (χ1n) is 8.19. The summed E-state index contributed by atoms with van der Waals surface area (Å²) in [6, 6.07) is 13.2. The fourth-order valence-corrected chi connectivity index (χ4v) is 3.49. The van der Waals surface area contributed by atoms with Crippen molar-refractivity contribution in [3.05, 3.63) is 69.4 Å². The van der Waals surface area contributed by atoms with E-state index >= 15 is 0 Å². The second-order valence-corrected chi connectivity index (χ2v) is 7.05. The quantitative estimate of drug-likeness (QED) is 0.567. The van der Waals surface area contributed by atoms with Crippen molar-refractivity contribution in [3.8, 4) is 0 Å². The fraction of sp³-hybridized carbons (Fsp3) is 0.286. The summed E-state index contributed by atoms with van der Waals surface area (Å²) in [5.74, 6) is 0. The Morgan fingerprint density at radius 2 is 1.87 bits per heavy atom. The summed E-state index contributed by atoms with van der Waals surface area (Å²) in [7, 11) is 0. The average molecular weight is 321 g/mol. The Morgan fingerprint density at radius 1 is 1.13 bits per heavy atom. The number of nitrogens with zero attached hydrogens (tertiary/aromatic N) is 1. The number of hydrogen-bond donors (Lipinski definition) is 0. The van der Waals surface area contributed by atoms with Gasteiger partial charge in [-0.05, 0) is 61.8 Å². The SMILES string of the molecule is C/C=C(\N=C(C)Cc1ccc(C(C)=C2CC2)cc1)c1cccs1. The van der Waals surface area contributed by atoms with E-state index in [-0.39, 0.29) is 0 Å². The molecule has 1 fully saturated rings. The molecule has 2 aromatic rings. The first-order valence-corrected chi connectivity index (χ1v) is 9.07. The highest BCUT2D eigenvalue weighted by Crippen LogP contribution is 2.36. The van der Waals surface area contributed by atoms with Crippen molar-refractivity contribution in [3.63, 3.8) is 0 Å². The van der Waals surface area contributed by atoms with Crippen LogP contribution in [-0.4, -0.2) is 5.71 Å². The maximum absolute atomic E-state index is 4.81. The number of thiophene rings is 1. The summed E-state index contributed by atoms with van der Waals surface area (Å²) in [6.45, 7) is 6.40. The zero-order valence-electron chi connectivity index (χ0n) is 14.1. The molecule has 1 heterocycles. The van der Waals surface area contributed by atoms with E-state index < -0.39 is 0 Å². The number of benzene rings is 1. The van der Waals surface area contributed by atoms with Gasteiger partial charge in [0.25, 0.3) is 0 Å². The van der Waals surface area contributed by atoms with Gasteiger partial charge in [0.2, 0.25) is 0 Å². The van der Waals surface area contributed by atoms with Crippen LogP contribution < -0.4 is 0 Å². The van der Waals surface area contributed by atoms with Crippen molar-refractivity contribution >= 4 is 28.3 Å². The van der Waals surface area contributed by atoms with Crippen LogP contribution in [-0.2, 0) is 6.42 Å². The molecule has 0 radical (unpaired) electrons. The molecule has 0 spiro atoms. The lowest BCUT2D eigenvalue weighted by Gasteiger charge is -2.06. The van der Waals surface area contributed by atoms with Crippen LogP contribution in [0.5, 0.6) is 0 Å². The summed E-state index contributed by atoms with van der Waals surface area (Å²) < 4.78 is 0. The first-order chi connectivity index (χ1) is 11.2. The molecule has 0 bridgehead atoms. The largest absolute Gasteiger partial charge is 0.257 e. The van der Waals surface area contributed by atoms with E-state index in [9.17, 15) is 0 Å². The lowest BCUT2D eigenvalue weighted by atomic mass is 10.0. The topological polar surface area (TPSA) is 12.4 Å². The van der Waals surface area contributed by atoms with Gasteiger partial charge in [0.15, 0.2) is 0 Å². The Morgan fingerprint density at radius 3 is 2.43 bits per heavy atom. The third kappa shape index (κ3) is 4.08. The first kappa shape index (κ1) is 15.9. The van der Waals surface area contributed by atoms with Crippen molar-refractivity contribution in [1.82, 2.24) is 0 Å². The molecule has 118 valence electrons. The van der Waals surface area contributed by atoms with Crippen LogP contribution in [0.1, 0.15) is 49.6 Å². The molecule has 0 unspecified atom stereocenters.